The first-order valence-corrected chi connectivity index (χ1v) is 5.84. The Hall–Kier alpha value is -0.160. The summed E-state index contributed by atoms with van der Waals surface area (Å²) in [7, 11) is 0. The van der Waals surface area contributed by atoms with Crippen LogP contribution >= 0.6 is 0 Å². The molecule has 1 saturated heterocycles. The van der Waals surface area contributed by atoms with Crippen molar-refractivity contribution in [1.82, 2.24) is 4.90 Å². The maximum Gasteiger partial charge on any atom is 0.0875 e. The third-order valence-electron chi connectivity index (χ3n) is 2.85. The molecular weight excluding hydrogens is 192 g/mol. The van der Waals surface area contributed by atoms with E-state index in [1.165, 1.54) is 0 Å². The van der Waals surface area contributed by atoms with Gasteiger partial charge in [0.05, 0.1) is 25.4 Å². The molecule has 1 rings (SSSR count). The number of morpholine rings is 1. The molecule has 0 radical (unpaired) electrons. The zero-order chi connectivity index (χ0) is 11.3. The van der Waals surface area contributed by atoms with Crippen LogP contribution in [0.5, 0.6) is 0 Å². The van der Waals surface area contributed by atoms with Crippen molar-refractivity contribution in [3.63, 3.8) is 0 Å². The summed E-state index contributed by atoms with van der Waals surface area (Å²) in [5.74, 6) is 0. The summed E-state index contributed by atoms with van der Waals surface area (Å²) in [5.41, 5.74) is 6.02. The summed E-state index contributed by atoms with van der Waals surface area (Å²) in [5, 5.41) is 0. The van der Waals surface area contributed by atoms with Gasteiger partial charge in [0.25, 0.3) is 0 Å². The van der Waals surface area contributed by atoms with Crippen LogP contribution in [-0.4, -0.2) is 56.0 Å². The number of hydrogen-bond donors (Lipinski definition) is 1. The molecule has 2 N–H and O–H groups in total. The molecule has 1 aliphatic rings. The Morgan fingerprint density at radius 1 is 1.53 bits per heavy atom. The van der Waals surface area contributed by atoms with E-state index in [2.05, 4.69) is 18.7 Å². The molecule has 0 bridgehead atoms. The SMILES string of the molecule is CCOCC(N)C1CN(C(C)C)CCO1. The lowest BCUT2D eigenvalue weighted by atomic mass is 10.1. The first-order valence-electron chi connectivity index (χ1n) is 5.84. The van der Waals surface area contributed by atoms with Crippen molar-refractivity contribution in [2.45, 2.75) is 39.0 Å². The molecule has 1 heterocycles. The maximum absolute atomic E-state index is 6.02. The smallest absolute Gasteiger partial charge is 0.0875 e. The highest BCUT2D eigenvalue weighted by molar-refractivity contribution is 4.81. The molecular formula is C11H24N2O2. The number of rotatable bonds is 5. The van der Waals surface area contributed by atoms with Crippen LogP contribution in [0.4, 0.5) is 0 Å². The summed E-state index contributed by atoms with van der Waals surface area (Å²) < 4.78 is 11.0. The number of nitrogens with two attached hydrogens (primary N) is 1. The lowest BCUT2D eigenvalue weighted by Gasteiger charge is -2.37. The molecule has 90 valence electrons. The van der Waals surface area contributed by atoms with Crippen LogP contribution in [0.3, 0.4) is 0 Å². The van der Waals surface area contributed by atoms with Gasteiger partial charge < -0.3 is 15.2 Å². The van der Waals surface area contributed by atoms with Crippen molar-refractivity contribution in [3.05, 3.63) is 0 Å². The minimum Gasteiger partial charge on any atom is -0.380 e. The Morgan fingerprint density at radius 3 is 2.87 bits per heavy atom. The third kappa shape index (κ3) is 4.07. The summed E-state index contributed by atoms with van der Waals surface area (Å²) in [6, 6.07) is 0.558. The van der Waals surface area contributed by atoms with Crippen LogP contribution in [0.2, 0.25) is 0 Å². The van der Waals surface area contributed by atoms with Gasteiger partial charge in [0.1, 0.15) is 0 Å². The van der Waals surface area contributed by atoms with E-state index in [-0.39, 0.29) is 12.1 Å². The van der Waals surface area contributed by atoms with Crippen molar-refractivity contribution < 1.29 is 9.47 Å². The Morgan fingerprint density at radius 2 is 2.27 bits per heavy atom. The first-order chi connectivity index (χ1) is 7.15. The molecule has 4 heteroatoms. The molecule has 1 aliphatic heterocycles. The van der Waals surface area contributed by atoms with Gasteiger partial charge in [-0.3, -0.25) is 4.90 Å². The van der Waals surface area contributed by atoms with Gasteiger partial charge in [-0.1, -0.05) is 0 Å². The van der Waals surface area contributed by atoms with Crippen molar-refractivity contribution in [2.75, 3.05) is 32.9 Å². The number of ether oxygens (including phenoxy) is 2. The zero-order valence-electron chi connectivity index (χ0n) is 10.1. The van der Waals surface area contributed by atoms with E-state index in [9.17, 15) is 0 Å². The van der Waals surface area contributed by atoms with Crippen LogP contribution in [0.25, 0.3) is 0 Å². The van der Waals surface area contributed by atoms with Gasteiger partial charge in [-0.15, -0.1) is 0 Å². The van der Waals surface area contributed by atoms with E-state index in [4.69, 9.17) is 15.2 Å². The summed E-state index contributed by atoms with van der Waals surface area (Å²) >= 11 is 0. The van der Waals surface area contributed by atoms with Crippen LogP contribution < -0.4 is 5.73 Å². The number of nitrogens with zero attached hydrogens (tertiary/aromatic N) is 1. The van der Waals surface area contributed by atoms with E-state index in [0.717, 1.165) is 19.7 Å². The van der Waals surface area contributed by atoms with E-state index in [0.29, 0.717) is 19.3 Å². The molecule has 0 aromatic heterocycles. The molecule has 15 heavy (non-hydrogen) atoms. The molecule has 0 aromatic rings. The maximum atomic E-state index is 6.02. The minimum absolute atomic E-state index is 0.00787. The highest BCUT2D eigenvalue weighted by Gasteiger charge is 2.26. The molecule has 0 saturated carbocycles. The van der Waals surface area contributed by atoms with Crippen molar-refractivity contribution in [3.8, 4) is 0 Å². The second-order valence-corrected chi connectivity index (χ2v) is 4.32. The fraction of sp³-hybridized carbons (Fsp3) is 1.00. The van der Waals surface area contributed by atoms with Gasteiger partial charge >= 0.3 is 0 Å². The molecule has 0 aliphatic carbocycles. The van der Waals surface area contributed by atoms with Crippen LogP contribution in [-0.2, 0) is 9.47 Å². The zero-order valence-corrected chi connectivity index (χ0v) is 10.1. The highest BCUT2D eigenvalue weighted by Crippen LogP contribution is 2.11. The van der Waals surface area contributed by atoms with Crippen LogP contribution in [0.1, 0.15) is 20.8 Å². The van der Waals surface area contributed by atoms with E-state index < -0.39 is 0 Å². The summed E-state index contributed by atoms with van der Waals surface area (Å²) in [6.07, 6.45) is 0.118. The fourth-order valence-electron chi connectivity index (χ4n) is 1.79. The first kappa shape index (κ1) is 12.9. The fourth-order valence-corrected chi connectivity index (χ4v) is 1.79. The minimum atomic E-state index is -0.00787. The van der Waals surface area contributed by atoms with Gasteiger partial charge in [-0.25, -0.2) is 0 Å². The quantitative estimate of drug-likeness (QED) is 0.725. The summed E-state index contributed by atoms with van der Waals surface area (Å²) in [4.78, 5) is 2.40. The van der Waals surface area contributed by atoms with Gasteiger partial charge in [-0.2, -0.15) is 0 Å². The van der Waals surface area contributed by atoms with Crippen molar-refractivity contribution in [1.29, 1.82) is 0 Å². The molecule has 4 nitrogen and oxygen atoms in total. The van der Waals surface area contributed by atoms with Crippen LogP contribution in [0.15, 0.2) is 0 Å². The topological polar surface area (TPSA) is 47.7 Å². The third-order valence-corrected chi connectivity index (χ3v) is 2.85. The second-order valence-electron chi connectivity index (χ2n) is 4.32. The van der Waals surface area contributed by atoms with Gasteiger partial charge in [0.2, 0.25) is 0 Å². The lowest BCUT2D eigenvalue weighted by molar-refractivity contribution is -0.0613. The van der Waals surface area contributed by atoms with Crippen molar-refractivity contribution >= 4 is 0 Å². The van der Waals surface area contributed by atoms with E-state index in [1.54, 1.807) is 0 Å². The molecule has 0 amide bonds. The van der Waals surface area contributed by atoms with Crippen molar-refractivity contribution in [2.24, 2.45) is 5.73 Å². The normalized spacial score (nSPS) is 25.8. The standard InChI is InChI=1S/C11H24N2O2/c1-4-14-8-10(12)11-7-13(9(2)3)5-6-15-11/h9-11H,4-8,12H2,1-3H3. The monoisotopic (exact) mass is 216 g/mol. The Balaban J connectivity index is 2.34. The predicted molar refractivity (Wildman–Crippen MR) is 60.9 cm³/mol. The van der Waals surface area contributed by atoms with E-state index >= 15 is 0 Å². The lowest BCUT2D eigenvalue weighted by Crippen LogP contribution is -2.53. The Labute approximate surface area is 92.7 Å². The molecule has 0 aromatic carbocycles. The average Bonchev–Trinajstić information content (AvgIpc) is 2.26. The largest absolute Gasteiger partial charge is 0.380 e. The van der Waals surface area contributed by atoms with Gasteiger partial charge in [-0.05, 0) is 20.8 Å². The molecule has 0 spiro atoms. The number of hydrogen-bond acceptors (Lipinski definition) is 4. The van der Waals surface area contributed by atoms with Gasteiger partial charge in [0, 0.05) is 25.7 Å². The van der Waals surface area contributed by atoms with E-state index in [1.807, 2.05) is 6.92 Å². The summed E-state index contributed by atoms with van der Waals surface area (Å²) in [6.45, 7) is 10.4. The second kappa shape index (κ2) is 6.43. The molecule has 2 unspecified atom stereocenters. The van der Waals surface area contributed by atoms with Gasteiger partial charge in [0.15, 0.2) is 0 Å². The highest BCUT2D eigenvalue weighted by atomic mass is 16.5. The average molecular weight is 216 g/mol. The molecule has 2 atom stereocenters. The Kier molecular flexibility index (Phi) is 5.53. The molecule has 1 fully saturated rings. The van der Waals surface area contributed by atoms with Crippen LogP contribution in [0, 0.1) is 0 Å². The Bertz CT molecular complexity index is 176. The predicted octanol–water partition coefficient (Wildman–Crippen LogP) is 0.459.